The molecule has 0 radical (unpaired) electrons. The highest BCUT2D eigenvalue weighted by Crippen LogP contribution is 2.15. The van der Waals surface area contributed by atoms with Crippen LogP contribution < -0.4 is 5.32 Å². The van der Waals surface area contributed by atoms with E-state index < -0.39 is 0 Å². The van der Waals surface area contributed by atoms with Crippen LogP contribution in [0.25, 0.3) is 0 Å². The Morgan fingerprint density at radius 1 is 1.04 bits per heavy atom. The summed E-state index contributed by atoms with van der Waals surface area (Å²) in [6, 6.07) is 8.95. The minimum atomic E-state index is -0.345. The standard InChI is InChI=1S/C19H29N3O2/c1-20-19(23)18-15-22(11-12-24-18)14-17-7-5-16(6-8-17)13-21-9-3-2-4-10-21/h5-8,18H,2-4,9-15H2,1H3,(H,20,23). The third-order valence-electron chi connectivity index (χ3n) is 4.97. The first-order valence-corrected chi connectivity index (χ1v) is 9.10. The Bertz CT molecular complexity index is 526. The van der Waals surface area contributed by atoms with Gasteiger partial charge in [-0.05, 0) is 37.1 Å². The predicted octanol–water partition coefficient (Wildman–Crippen LogP) is 1.62. The topological polar surface area (TPSA) is 44.8 Å². The molecule has 5 heteroatoms. The fourth-order valence-corrected chi connectivity index (χ4v) is 3.55. The highest BCUT2D eigenvalue weighted by molar-refractivity contribution is 5.80. The molecule has 0 aromatic heterocycles. The van der Waals surface area contributed by atoms with Crippen molar-refractivity contribution in [2.45, 2.75) is 38.5 Å². The fraction of sp³-hybridized carbons (Fsp3) is 0.632. The van der Waals surface area contributed by atoms with Gasteiger partial charge in [-0.3, -0.25) is 14.6 Å². The van der Waals surface area contributed by atoms with Crippen molar-refractivity contribution in [1.29, 1.82) is 0 Å². The molecule has 132 valence electrons. The highest BCUT2D eigenvalue weighted by Gasteiger charge is 2.25. The molecule has 24 heavy (non-hydrogen) atoms. The summed E-state index contributed by atoms with van der Waals surface area (Å²) in [5.74, 6) is -0.0309. The van der Waals surface area contributed by atoms with Gasteiger partial charge in [-0.15, -0.1) is 0 Å². The van der Waals surface area contributed by atoms with E-state index in [4.69, 9.17) is 4.74 Å². The van der Waals surface area contributed by atoms with E-state index in [0.29, 0.717) is 13.2 Å². The molecule has 2 aliphatic rings. The predicted molar refractivity (Wildman–Crippen MR) is 94.7 cm³/mol. The second-order valence-electron chi connectivity index (χ2n) is 6.86. The number of carbonyl (C=O) groups is 1. The summed E-state index contributed by atoms with van der Waals surface area (Å²) < 4.78 is 5.54. The summed E-state index contributed by atoms with van der Waals surface area (Å²) in [5.41, 5.74) is 2.70. The first kappa shape index (κ1) is 17.4. The van der Waals surface area contributed by atoms with Crippen LogP contribution in [0.2, 0.25) is 0 Å². The number of ether oxygens (including phenoxy) is 1. The van der Waals surface area contributed by atoms with Gasteiger partial charge in [-0.2, -0.15) is 0 Å². The number of piperidine rings is 1. The Hall–Kier alpha value is -1.43. The number of nitrogens with one attached hydrogen (secondary N) is 1. The second kappa shape index (κ2) is 8.60. The van der Waals surface area contributed by atoms with E-state index in [2.05, 4.69) is 39.4 Å². The van der Waals surface area contributed by atoms with Gasteiger partial charge >= 0.3 is 0 Å². The van der Waals surface area contributed by atoms with E-state index in [1.165, 1.54) is 43.5 Å². The average Bonchev–Trinajstić information content (AvgIpc) is 2.64. The Morgan fingerprint density at radius 3 is 2.29 bits per heavy atom. The van der Waals surface area contributed by atoms with Crippen LogP contribution >= 0.6 is 0 Å². The normalized spacial score (nSPS) is 23.1. The third-order valence-corrected chi connectivity index (χ3v) is 4.97. The quantitative estimate of drug-likeness (QED) is 0.890. The van der Waals surface area contributed by atoms with Crippen LogP contribution in [0, 0.1) is 0 Å². The maximum absolute atomic E-state index is 11.7. The first-order valence-electron chi connectivity index (χ1n) is 9.10. The molecule has 0 spiro atoms. The number of hydrogen-bond donors (Lipinski definition) is 1. The summed E-state index contributed by atoms with van der Waals surface area (Å²) in [5, 5.41) is 2.67. The molecule has 0 bridgehead atoms. The molecule has 1 N–H and O–H groups in total. The molecule has 3 rings (SSSR count). The molecule has 1 atom stereocenters. The molecule has 1 unspecified atom stereocenters. The lowest BCUT2D eigenvalue weighted by atomic mass is 10.1. The third kappa shape index (κ3) is 4.79. The van der Waals surface area contributed by atoms with Crippen molar-refractivity contribution in [2.24, 2.45) is 0 Å². The number of likely N-dealkylation sites (tertiary alicyclic amines) is 1. The van der Waals surface area contributed by atoms with Crippen molar-refractivity contribution in [3.63, 3.8) is 0 Å². The van der Waals surface area contributed by atoms with Gasteiger partial charge in [0.25, 0.3) is 0 Å². The molecule has 5 nitrogen and oxygen atoms in total. The van der Waals surface area contributed by atoms with E-state index in [9.17, 15) is 4.79 Å². The van der Waals surface area contributed by atoms with Crippen LogP contribution in [-0.4, -0.2) is 61.6 Å². The van der Waals surface area contributed by atoms with Crippen molar-refractivity contribution < 1.29 is 9.53 Å². The zero-order valence-corrected chi connectivity index (χ0v) is 14.7. The number of morpholine rings is 1. The van der Waals surface area contributed by atoms with Crippen molar-refractivity contribution in [3.8, 4) is 0 Å². The molecule has 2 saturated heterocycles. The molecule has 1 aromatic rings. The molecular formula is C19H29N3O2. The molecule has 2 heterocycles. The maximum Gasteiger partial charge on any atom is 0.250 e. The molecule has 0 aliphatic carbocycles. The van der Waals surface area contributed by atoms with E-state index in [-0.39, 0.29) is 12.0 Å². The van der Waals surface area contributed by atoms with E-state index in [1.54, 1.807) is 7.05 Å². The summed E-state index contributed by atoms with van der Waals surface area (Å²) in [7, 11) is 1.66. The molecule has 0 saturated carbocycles. The SMILES string of the molecule is CNC(=O)C1CN(Cc2ccc(CN3CCCCC3)cc2)CCO1. The fourth-order valence-electron chi connectivity index (χ4n) is 3.55. The maximum atomic E-state index is 11.7. The number of carbonyl (C=O) groups excluding carboxylic acids is 1. The van der Waals surface area contributed by atoms with Gasteiger partial charge in [-0.1, -0.05) is 30.7 Å². The van der Waals surface area contributed by atoms with Crippen LogP contribution in [0.3, 0.4) is 0 Å². The molecule has 1 amide bonds. The Labute approximate surface area is 145 Å². The van der Waals surface area contributed by atoms with Gasteiger partial charge in [0.05, 0.1) is 6.61 Å². The smallest absolute Gasteiger partial charge is 0.250 e. The summed E-state index contributed by atoms with van der Waals surface area (Å²) in [6.45, 7) is 6.56. The number of nitrogens with zero attached hydrogens (tertiary/aromatic N) is 2. The molecular weight excluding hydrogens is 302 g/mol. The van der Waals surface area contributed by atoms with Crippen molar-refractivity contribution in [3.05, 3.63) is 35.4 Å². The zero-order valence-electron chi connectivity index (χ0n) is 14.7. The van der Waals surface area contributed by atoms with E-state index in [0.717, 1.165) is 19.6 Å². The number of hydrogen-bond acceptors (Lipinski definition) is 4. The molecule has 2 fully saturated rings. The van der Waals surface area contributed by atoms with Crippen LogP contribution in [0.1, 0.15) is 30.4 Å². The van der Waals surface area contributed by atoms with Crippen LogP contribution in [0.15, 0.2) is 24.3 Å². The van der Waals surface area contributed by atoms with Crippen molar-refractivity contribution in [2.75, 3.05) is 39.8 Å². The summed E-state index contributed by atoms with van der Waals surface area (Å²) in [6.07, 6.45) is 3.71. The number of amides is 1. The van der Waals surface area contributed by atoms with E-state index in [1.807, 2.05) is 0 Å². The monoisotopic (exact) mass is 331 g/mol. The van der Waals surface area contributed by atoms with Crippen LogP contribution in [0.5, 0.6) is 0 Å². The van der Waals surface area contributed by atoms with Crippen molar-refractivity contribution in [1.82, 2.24) is 15.1 Å². The van der Waals surface area contributed by atoms with Gasteiger partial charge in [0, 0.05) is 33.2 Å². The number of rotatable bonds is 5. The highest BCUT2D eigenvalue weighted by atomic mass is 16.5. The number of likely N-dealkylation sites (N-methyl/N-ethyl adjacent to an activating group) is 1. The lowest BCUT2D eigenvalue weighted by molar-refractivity contribution is -0.138. The zero-order chi connectivity index (χ0) is 16.8. The largest absolute Gasteiger partial charge is 0.366 e. The van der Waals surface area contributed by atoms with Crippen LogP contribution in [0.4, 0.5) is 0 Å². The average molecular weight is 331 g/mol. The van der Waals surface area contributed by atoms with Gasteiger partial charge in [0.2, 0.25) is 5.91 Å². The summed E-state index contributed by atoms with van der Waals surface area (Å²) in [4.78, 5) is 16.6. The Morgan fingerprint density at radius 2 is 1.67 bits per heavy atom. The molecule has 2 aliphatic heterocycles. The summed E-state index contributed by atoms with van der Waals surface area (Å²) >= 11 is 0. The second-order valence-corrected chi connectivity index (χ2v) is 6.86. The first-order chi connectivity index (χ1) is 11.7. The van der Waals surface area contributed by atoms with Gasteiger partial charge in [0.15, 0.2) is 0 Å². The van der Waals surface area contributed by atoms with Crippen molar-refractivity contribution >= 4 is 5.91 Å². The molecule has 1 aromatic carbocycles. The Balaban J connectivity index is 1.51. The van der Waals surface area contributed by atoms with Gasteiger partial charge < -0.3 is 10.1 Å². The van der Waals surface area contributed by atoms with Gasteiger partial charge in [0.1, 0.15) is 6.10 Å². The number of benzene rings is 1. The minimum Gasteiger partial charge on any atom is -0.366 e. The van der Waals surface area contributed by atoms with Crippen LogP contribution in [-0.2, 0) is 22.6 Å². The van der Waals surface area contributed by atoms with Gasteiger partial charge in [-0.25, -0.2) is 0 Å². The van der Waals surface area contributed by atoms with E-state index >= 15 is 0 Å². The Kier molecular flexibility index (Phi) is 6.24. The lowest BCUT2D eigenvalue weighted by Gasteiger charge is -2.32. The lowest BCUT2D eigenvalue weighted by Crippen LogP contribution is -2.48. The minimum absolute atomic E-state index is 0.0309.